The molecule has 90 valence electrons. The second-order valence-electron chi connectivity index (χ2n) is 3.81. The van der Waals surface area contributed by atoms with Crippen molar-refractivity contribution >= 4 is 27.3 Å². The highest BCUT2D eigenvalue weighted by atomic mass is 79.9. The summed E-state index contributed by atoms with van der Waals surface area (Å²) in [6.07, 6.45) is 1.87. The van der Waals surface area contributed by atoms with Crippen LogP contribution >= 0.6 is 27.3 Å². The molecular formula is C13H15BrN2S. The van der Waals surface area contributed by atoms with E-state index in [0.29, 0.717) is 0 Å². The van der Waals surface area contributed by atoms with Gasteiger partial charge in [-0.05, 0) is 5.56 Å². The van der Waals surface area contributed by atoms with Crippen LogP contribution in [0.25, 0.3) is 0 Å². The zero-order chi connectivity index (χ0) is 11.9. The Bertz CT molecular complexity index is 416. The Morgan fingerprint density at radius 3 is 2.65 bits per heavy atom. The minimum absolute atomic E-state index is 0.929. The lowest BCUT2D eigenvalue weighted by atomic mass is 10.2. The summed E-state index contributed by atoms with van der Waals surface area (Å²) in [6, 6.07) is 10.6. The number of alkyl halides is 1. The fourth-order valence-electron chi connectivity index (χ4n) is 1.70. The van der Waals surface area contributed by atoms with E-state index in [2.05, 4.69) is 56.1 Å². The lowest BCUT2D eigenvalue weighted by Gasteiger charge is -2.20. The average molecular weight is 311 g/mol. The molecule has 4 heteroatoms. The van der Waals surface area contributed by atoms with Gasteiger partial charge in [-0.15, -0.1) is 11.3 Å². The summed E-state index contributed by atoms with van der Waals surface area (Å²) in [5, 5.41) is 4.21. The molecule has 0 aliphatic heterocycles. The van der Waals surface area contributed by atoms with Gasteiger partial charge >= 0.3 is 0 Å². The molecule has 0 spiro atoms. The maximum Gasteiger partial charge on any atom is 0.107 e. The molecule has 0 atom stereocenters. The zero-order valence-corrected chi connectivity index (χ0v) is 12.0. The number of thiazole rings is 1. The van der Waals surface area contributed by atoms with Gasteiger partial charge in [0.25, 0.3) is 0 Å². The monoisotopic (exact) mass is 310 g/mol. The summed E-state index contributed by atoms with van der Waals surface area (Å²) in [5.41, 5.74) is 1.35. The summed E-state index contributed by atoms with van der Waals surface area (Å²) in [5.74, 6) is 0. The van der Waals surface area contributed by atoms with Gasteiger partial charge in [0.05, 0.1) is 6.54 Å². The highest BCUT2D eigenvalue weighted by Gasteiger charge is 2.07. The molecule has 0 saturated carbocycles. The van der Waals surface area contributed by atoms with Crippen molar-refractivity contribution in [3.63, 3.8) is 0 Å². The zero-order valence-electron chi connectivity index (χ0n) is 9.55. The SMILES string of the molecule is BrCCN(Cc1ccccc1)Cc1nccs1. The van der Waals surface area contributed by atoms with Crippen LogP contribution < -0.4 is 0 Å². The van der Waals surface area contributed by atoms with E-state index in [1.54, 1.807) is 11.3 Å². The molecule has 0 N–H and O–H groups in total. The molecule has 1 aromatic carbocycles. The quantitative estimate of drug-likeness (QED) is 0.759. The summed E-state index contributed by atoms with van der Waals surface area (Å²) in [7, 11) is 0. The predicted octanol–water partition coefficient (Wildman–Crippen LogP) is 3.54. The van der Waals surface area contributed by atoms with E-state index in [-0.39, 0.29) is 0 Å². The third-order valence-electron chi connectivity index (χ3n) is 2.49. The highest BCUT2D eigenvalue weighted by Crippen LogP contribution is 2.12. The molecule has 0 unspecified atom stereocenters. The van der Waals surface area contributed by atoms with E-state index >= 15 is 0 Å². The summed E-state index contributed by atoms with van der Waals surface area (Å²) >= 11 is 5.23. The van der Waals surface area contributed by atoms with E-state index in [4.69, 9.17) is 0 Å². The van der Waals surface area contributed by atoms with Gasteiger partial charge in [0, 0.05) is 30.0 Å². The molecule has 2 aromatic rings. The Labute approximate surface area is 114 Å². The van der Waals surface area contributed by atoms with Gasteiger partial charge in [0.2, 0.25) is 0 Å². The van der Waals surface area contributed by atoms with Crippen molar-refractivity contribution in [1.29, 1.82) is 0 Å². The second kappa shape index (κ2) is 6.89. The molecule has 0 aliphatic carbocycles. The first-order valence-corrected chi connectivity index (χ1v) is 7.59. The van der Waals surface area contributed by atoms with Crippen molar-refractivity contribution in [2.75, 3.05) is 11.9 Å². The Hall–Kier alpha value is -0.710. The minimum Gasteiger partial charge on any atom is -0.292 e. The molecule has 0 saturated heterocycles. The van der Waals surface area contributed by atoms with Crippen LogP contribution in [-0.2, 0) is 13.1 Å². The molecule has 2 rings (SSSR count). The van der Waals surface area contributed by atoms with Gasteiger partial charge in [0.1, 0.15) is 5.01 Å². The molecule has 0 amide bonds. The van der Waals surface area contributed by atoms with Gasteiger partial charge in [-0.25, -0.2) is 4.98 Å². The van der Waals surface area contributed by atoms with Crippen LogP contribution in [0, 0.1) is 0 Å². The van der Waals surface area contributed by atoms with Gasteiger partial charge in [-0.2, -0.15) is 0 Å². The van der Waals surface area contributed by atoms with Crippen LogP contribution in [0.1, 0.15) is 10.6 Å². The lowest BCUT2D eigenvalue weighted by Crippen LogP contribution is -2.24. The van der Waals surface area contributed by atoms with E-state index in [0.717, 1.165) is 25.0 Å². The maximum atomic E-state index is 4.34. The van der Waals surface area contributed by atoms with Crippen LogP contribution in [0.5, 0.6) is 0 Å². The fourth-order valence-corrected chi connectivity index (χ4v) is 2.86. The molecule has 0 radical (unpaired) electrons. The number of aromatic nitrogens is 1. The Balaban J connectivity index is 1.97. The minimum atomic E-state index is 0.929. The van der Waals surface area contributed by atoms with Gasteiger partial charge in [-0.1, -0.05) is 46.3 Å². The molecule has 1 aromatic heterocycles. The maximum absolute atomic E-state index is 4.34. The number of rotatable bonds is 6. The Morgan fingerprint density at radius 2 is 2.00 bits per heavy atom. The van der Waals surface area contributed by atoms with E-state index < -0.39 is 0 Å². The van der Waals surface area contributed by atoms with Crippen LogP contribution in [0.15, 0.2) is 41.9 Å². The number of nitrogens with zero attached hydrogens (tertiary/aromatic N) is 2. The molecule has 0 fully saturated rings. The van der Waals surface area contributed by atoms with Crippen LogP contribution in [0.4, 0.5) is 0 Å². The molecule has 0 bridgehead atoms. The Kier molecular flexibility index (Phi) is 5.16. The van der Waals surface area contributed by atoms with Gasteiger partial charge < -0.3 is 0 Å². The number of halogens is 1. The molecular weight excluding hydrogens is 296 g/mol. The third kappa shape index (κ3) is 4.22. The first kappa shape index (κ1) is 12.7. The standard InChI is InChI=1S/C13H15BrN2S/c14-6-8-16(11-13-15-7-9-17-13)10-12-4-2-1-3-5-12/h1-5,7,9H,6,8,10-11H2. The van der Waals surface area contributed by atoms with Crippen molar-refractivity contribution in [2.45, 2.75) is 13.1 Å². The van der Waals surface area contributed by atoms with Gasteiger partial charge in [0.15, 0.2) is 0 Å². The molecule has 1 heterocycles. The van der Waals surface area contributed by atoms with Crippen molar-refractivity contribution < 1.29 is 0 Å². The number of hydrogen-bond acceptors (Lipinski definition) is 3. The Morgan fingerprint density at radius 1 is 1.18 bits per heavy atom. The number of hydrogen-bond donors (Lipinski definition) is 0. The summed E-state index contributed by atoms with van der Waals surface area (Å²) in [4.78, 5) is 6.75. The molecule has 0 aliphatic rings. The van der Waals surface area contributed by atoms with Crippen LogP contribution in [-0.4, -0.2) is 21.8 Å². The van der Waals surface area contributed by atoms with E-state index in [1.165, 1.54) is 10.6 Å². The fraction of sp³-hybridized carbons (Fsp3) is 0.308. The third-order valence-corrected chi connectivity index (χ3v) is 3.61. The molecule has 2 nitrogen and oxygen atoms in total. The van der Waals surface area contributed by atoms with Gasteiger partial charge in [-0.3, -0.25) is 4.90 Å². The van der Waals surface area contributed by atoms with Crippen LogP contribution in [0.2, 0.25) is 0 Å². The topological polar surface area (TPSA) is 16.1 Å². The number of benzene rings is 1. The second-order valence-corrected chi connectivity index (χ2v) is 5.58. The summed E-state index contributed by atoms with van der Waals surface area (Å²) < 4.78 is 0. The molecule has 17 heavy (non-hydrogen) atoms. The first-order chi connectivity index (χ1) is 8.38. The van der Waals surface area contributed by atoms with E-state index in [1.807, 2.05) is 11.6 Å². The highest BCUT2D eigenvalue weighted by molar-refractivity contribution is 9.09. The van der Waals surface area contributed by atoms with E-state index in [9.17, 15) is 0 Å². The van der Waals surface area contributed by atoms with Crippen LogP contribution in [0.3, 0.4) is 0 Å². The summed E-state index contributed by atoms with van der Waals surface area (Å²) in [6.45, 7) is 2.94. The smallest absolute Gasteiger partial charge is 0.107 e. The first-order valence-electron chi connectivity index (χ1n) is 5.59. The van der Waals surface area contributed by atoms with Crippen molar-refractivity contribution in [3.8, 4) is 0 Å². The largest absolute Gasteiger partial charge is 0.292 e. The van der Waals surface area contributed by atoms with Crippen molar-refractivity contribution in [3.05, 3.63) is 52.5 Å². The normalized spacial score (nSPS) is 10.9. The van der Waals surface area contributed by atoms with Crippen molar-refractivity contribution in [1.82, 2.24) is 9.88 Å². The van der Waals surface area contributed by atoms with Crippen molar-refractivity contribution in [2.24, 2.45) is 0 Å². The average Bonchev–Trinajstić information content (AvgIpc) is 2.83. The predicted molar refractivity (Wildman–Crippen MR) is 76.5 cm³/mol. The lowest BCUT2D eigenvalue weighted by molar-refractivity contribution is 0.274.